The lowest BCUT2D eigenvalue weighted by molar-refractivity contribution is 0.102. The number of hydrogen-bond acceptors (Lipinski definition) is 3. The highest BCUT2D eigenvalue weighted by Crippen LogP contribution is 2.38. The van der Waals surface area contributed by atoms with Gasteiger partial charge in [0, 0.05) is 23.6 Å². The van der Waals surface area contributed by atoms with Crippen LogP contribution < -0.4 is 10.1 Å². The monoisotopic (exact) mass is 381 g/mol. The van der Waals surface area contributed by atoms with E-state index in [4.69, 9.17) is 4.74 Å². The standard InChI is InChI=1S/C24H19N3O2/c1-29-23-10-9-17(14-22(23)27-12-11-25-15-27)26-24(28)20-8-4-7-19-18-6-3-2-5-16(18)13-21(19)20/h2-12,14-15H,13H2,1H3,(H,26,28). The number of carbonyl (C=O) groups is 1. The van der Waals surface area contributed by atoms with Crippen LogP contribution in [0.3, 0.4) is 0 Å². The van der Waals surface area contributed by atoms with Crippen LogP contribution in [0.1, 0.15) is 21.5 Å². The van der Waals surface area contributed by atoms with Crippen molar-refractivity contribution in [1.29, 1.82) is 0 Å². The molecule has 5 heteroatoms. The van der Waals surface area contributed by atoms with Crippen molar-refractivity contribution in [3.05, 3.63) is 96.1 Å². The zero-order valence-corrected chi connectivity index (χ0v) is 15.9. The molecule has 0 spiro atoms. The Hall–Kier alpha value is -3.86. The van der Waals surface area contributed by atoms with Gasteiger partial charge in [0.25, 0.3) is 5.91 Å². The molecule has 3 aromatic carbocycles. The third-order valence-corrected chi connectivity index (χ3v) is 5.31. The maximum atomic E-state index is 13.1. The van der Waals surface area contributed by atoms with Crippen molar-refractivity contribution in [2.75, 3.05) is 12.4 Å². The van der Waals surface area contributed by atoms with E-state index in [1.165, 1.54) is 11.1 Å². The van der Waals surface area contributed by atoms with Crippen molar-refractivity contribution in [2.24, 2.45) is 0 Å². The highest BCUT2D eigenvalue weighted by molar-refractivity contribution is 6.07. The van der Waals surface area contributed by atoms with E-state index >= 15 is 0 Å². The molecule has 1 amide bonds. The Kier molecular flexibility index (Phi) is 4.13. The first-order chi connectivity index (χ1) is 14.2. The average Bonchev–Trinajstić information content (AvgIpc) is 3.41. The van der Waals surface area contributed by atoms with Crippen LogP contribution >= 0.6 is 0 Å². The van der Waals surface area contributed by atoms with E-state index in [2.05, 4.69) is 28.5 Å². The third-order valence-electron chi connectivity index (χ3n) is 5.31. The summed E-state index contributed by atoms with van der Waals surface area (Å²) in [6, 6.07) is 19.8. The molecule has 1 aliphatic carbocycles. The fraction of sp³-hybridized carbons (Fsp3) is 0.0833. The van der Waals surface area contributed by atoms with E-state index < -0.39 is 0 Å². The van der Waals surface area contributed by atoms with Crippen molar-refractivity contribution in [2.45, 2.75) is 6.42 Å². The first-order valence-electron chi connectivity index (χ1n) is 9.42. The molecule has 0 fully saturated rings. The maximum absolute atomic E-state index is 13.1. The minimum absolute atomic E-state index is 0.114. The fourth-order valence-corrected chi connectivity index (χ4v) is 3.94. The quantitative estimate of drug-likeness (QED) is 0.491. The predicted molar refractivity (Wildman–Crippen MR) is 113 cm³/mol. The van der Waals surface area contributed by atoms with Crippen LogP contribution in [0.2, 0.25) is 0 Å². The Balaban J connectivity index is 1.48. The molecule has 29 heavy (non-hydrogen) atoms. The first-order valence-corrected chi connectivity index (χ1v) is 9.42. The number of aromatic nitrogens is 2. The molecular weight excluding hydrogens is 362 g/mol. The molecule has 142 valence electrons. The van der Waals surface area contributed by atoms with Crippen molar-refractivity contribution in [3.8, 4) is 22.6 Å². The third kappa shape index (κ3) is 2.97. The summed E-state index contributed by atoms with van der Waals surface area (Å²) in [6.07, 6.45) is 6.02. The molecule has 0 unspecified atom stereocenters. The molecule has 4 aromatic rings. The molecule has 0 saturated carbocycles. The zero-order valence-electron chi connectivity index (χ0n) is 15.9. The van der Waals surface area contributed by atoms with Crippen molar-refractivity contribution in [1.82, 2.24) is 9.55 Å². The van der Waals surface area contributed by atoms with Gasteiger partial charge in [0.15, 0.2) is 0 Å². The highest BCUT2D eigenvalue weighted by Gasteiger charge is 2.23. The largest absolute Gasteiger partial charge is 0.495 e. The molecule has 1 aliphatic rings. The van der Waals surface area contributed by atoms with Crippen LogP contribution in [0.15, 0.2) is 79.4 Å². The fourth-order valence-electron chi connectivity index (χ4n) is 3.94. The Morgan fingerprint density at radius 2 is 1.93 bits per heavy atom. The summed E-state index contributed by atoms with van der Waals surface area (Å²) in [5.74, 6) is 0.591. The lowest BCUT2D eigenvalue weighted by Gasteiger charge is -2.13. The van der Waals surface area contributed by atoms with Gasteiger partial charge in [-0.05, 0) is 52.9 Å². The molecular formula is C24H19N3O2. The summed E-state index contributed by atoms with van der Waals surface area (Å²) in [7, 11) is 1.62. The Labute approximate surface area is 168 Å². The highest BCUT2D eigenvalue weighted by atomic mass is 16.5. The van der Waals surface area contributed by atoms with Crippen LogP contribution in [-0.2, 0) is 6.42 Å². The number of nitrogens with one attached hydrogen (secondary N) is 1. The Morgan fingerprint density at radius 1 is 1.07 bits per heavy atom. The number of rotatable bonds is 4. The second kappa shape index (κ2) is 6.95. The van der Waals surface area contributed by atoms with Gasteiger partial charge in [-0.25, -0.2) is 4.98 Å². The van der Waals surface area contributed by atoms with Crippen molar-refractivity contribution >= 4 is 11.6 Å². The average molecular weight is 381 g/mol. The number of ether oxygens (including phenoxy) is 1. The molecule has 1 N–H and O–H groups in total. The number of carbonyl (C=O) groups excluding carboxylic acids is 1. The number of fused-ring (bicyclic) bond motifs is 3. The number of anilines is 1. The number of benzene rings is 3. The van der Waals surface area contributed by atoms with Gasteiger partial charge in [0.05, 0.1) is 19.1 Å². The summed E-state index contributed by atoms with van der Waals surface area (Å²) in [5.41, 5.74) is 6.91. The molecule has 5 nitrogen and oxygen atoms in total. The smallest absolute Gasteiger partial charge is 0.255 e. The zero-order chi connectivity index (χ0) is 19.8. The second-order valence-corrected chi connectivity index (χ2v) is 6.98. The number of hydrogen-bond donors (Lipinski definition) is 1. The summed E-state index contributed by atoms with van der Waals surface area (Å²) in [4.78, 5) is 17.2. The summed E-state index contributed by atoms with van der Waals surface area (Å²) in [6.45, 7) is 0. The van der Waals surface area contributed by atoms with Crippen LogP contribution in [0.5, 0.6) is 5.75 Å². The van der Waals surface area contributed by atoms with E-state index in [9.17, 15) is 4.79 Å². The number of nitrogens with zero attached hydrogens (tertiary/aromatic N) is 2. The minimum Gasteiger partial charge on any atom is -0.495 e. The number of amides is 1. The van der Waals surface area contributed by atoms with Crippen LogP contribution in [0, 0.1) is 0 Å². The predicted octanol–water partition coefficient (Wildman–Crippen LogP) is 4.70. The number of methoxy groups -OCH3 is 1. The molecule has 1 heterocycles. The summed E-state index contributed by atoms with van der Waals surface area (Å²) in [5, 5.41) is 3.04. The molecule has 0 saturated heterocycles. The first kappa shape index (κ1) is 17.3. The van der Waals surface area contributed by atoms with Gasteiger partial charge in [-0.3, -0.25) is 4.79 Å². The molecule has 0 aliphatic heterocycles. The summed E-state index contributed by atoms with van der Waals surface area (Å²) >= 11 is 0. The van der Waals surface area contributed by atoms with Gasteiger partial charge in [0.1, 0.15) is 5.75 Å². The van der Waals surface area contributed by atoms with E-state index in [1.807, 2.05) is 53.2 Å². The maximum Gasteiger partial charge on any atom is 0.255 e. The number of imidazole rings is 1. The Morgan fingerprint density at radius 3 is 2.76 bits per heavy atom. The van der Waals surface area contributed by atoms with E-state index in [0.29, 0.717) is 17.0 Å². The molecule has 0 radical (unpaired) electrons. The van der Waals surface area contributed by atoms with E-state index in [-0.39, 0.29) is 5.91 Å². The van der Waals surface area contributed by atoms with Gasteiger partial charge in [-0.2, -0.15) is 0 Å². The topological polar surface area (TPSA) is 56.1 Å². The van der Waals surface area contributed by atoms with Gasteiger partial charge < -0.3 is 14.6 Å². The van der Waals surface area contributed by atoms with E-state index in [1.54, 1.807) is 19.6 Å². The summed E-state index contributed by atoms with van der Waals surface area (Å²) < 4.78 is 7.30. The SMILES string of the molecule is COc1ccc(NC(=O)c2cccc3c2Cc2ccccc2-3)cc1-n1ccnc1. The van der Waals surface area contributed by atoms with Crippen molar-refractivity contribution in [3.63, 3.8) is 0 Å². The normalized spacial score (nSPS) is 11.6. The van der Waals surface area contributed by atoms with E-state index in [0.717, 1.165) is 23.2 Å². The lowest BCUT2D eigenvalue weighted by atomic mass is 10.0. The molecule has 0 atom stereocenters. The van der Waals surface area contributed by atoms with Gasteiger partial charge in [0.2, 0.25) is 0 Å². The van der Waals surface area contributed by atoms with Crippen LogP contribution in [-0.4, -0.2) is 22.6 Å². The molecule has 5 rings (SSSR count). The van der Waals surface area contributed by atoms with Crippen LogP contribution in [0.25, 0.3) is 16.8 Å². The van der Waals surface area contributed by atoms with Gasteiger partial charge in [-0.1, -0.05) is 36.4 Å². The molecule has 0 bridgehead atoms. The van der Waals surface area contributed by atoms with Crippen molar-refractivity contribution < 1.29 is 9.53 Å². The minimum atomic E-state index is -0.114. The van der Waals surface area contributed by atoms with Gasteiger partial charge >= 0.3 is 0 Å². The second-order valence-electron chi connectivity index (χ2n) is 6.98. The van der Waals surface area contributed by atoms with Crippen LogP contribution in [0.4, 0.5) is 5.69 Å². The lowest BCUT2D eigenvalue weighted by Crippen LogP contribution is -2.14. The molecule has 1 aromatic heterocycles. The Bertz CT molecular complexity index is 1210. The van der Waals surface area contributed by atoms with Gasteiger partial charge in [-0.15, -0.1) is 0 Å².